The zero-order valence-electron chi connectivity index (χ0n) is 10.3. The molecule has 1 aliphatic heterocycles. The highest BCUT2D eigenvalue weighted by atomic mass is 35.5. The van der Waals surface area contributed by atoms with Gasteiger partial charge in [-0.1, -0.05) is 11.6 Å². The van der Waals surface area contributed by atoms with Crippen molar-refractivity contribution >= 4 is 38.9 Å². The maximum Gasteiger partial charge on any atom is 0.304 e. The van der Waals surface area contributed by atoms with E-state index in [2.05, 4.69) is 0 Å². The summed E-state index contributed by atoms with van der Waals surface area (Å²) >= 11 is 6.92. The minimum absolute atomic E-state index is 0.155. The summed E-state index contributed by atoms with van der Waals surface area (Å²) in [6.45, 7) is 2.12. The standard InChI is InChI=1S/C11H14ClNO4S2/c1-7-5-10(18-11(7)12)19(16,17)13-4-2-3-8(13)6-9(14)15/h5,8H,2-4,6H2,1H3,(H,14,15). The number of sulfonamides is 1. The van der Waals surface area contributed by atoms with Crippen LogP contribution in [0.25, 0.3) is 0 Å². The Morgan fingerprint density at radius 3 is 2.84 bits per heavy atom. The summed E-state index contributed by atoms with van der Waals surface area (Å²) in [5.74, 6) is -0.979. The third-order valence-corrected chi connectivity index (χ3v) is 7.09. The van der Waals surface area contributed by atoms with E-state index in [1.165, 1.54) is 4.31 Å². The summed E-state index contributed by atoms with van der Waals surface area (Å²) in [6, 6.07) is 1.09. The summed E-state index contributed by atoms with van der Waals surface area (Å²) in [4.78, 5) is 10.8. The number of hydrogen-bond acceptors (Lipinski definition) is 4. The summed E-state index contributed by atoms with van der Waals surface area (Å²) in [7, 11) is -3.63. The fourth-order valence-corrected chi connectivity index (χ4v) is 5.74. The molecule has 1 fully saturated rings. The molecule has 106 valence electrons. The van der Waals surface area contributed by atoms with Crippen LogP contribution in [-0.2, 0) is 14.8 Å². The Morgan fingerprint density at radius 1 is 1.63 bits per heavy atom. The van der Waals surface area contributed by atoms with Gasteiger partial charge in [0.25, 0.3) is 10.0 Å². The summed E-state index contributed by atoms with van der Waals surface area (Å²) in [6.07, 6.45) is 1.12. The van der Waals surface area contributed by atoms with E-state index in [4.69, 9.17) is 16.7 Å². The fraction of sp³-hybridized carbons (Fsp3) is 0.545. The van der Waals surface area contributed by atoms with Crippen molar-refractivity contribution in [2.24, 2.45) is 0 Å². The van der Waals surface area contributed by atoms with E-state index in [0.29, 0.717) is 23.7 Å². The molecular weight excluding hydrogens is 310 g/mol. The Labute approximate surface area is 120 Å². The Hall–Kier alpha value is -0.630. The van der Waals surface area contributed by atoms with Crippen molar-refractivity contribution in [3.05, 3.63) is 16.0 Å². The number of aliphatic carboxylic acids is 1. The first-order valence-corrected chi connectivity index (χ1v) is 8.45. The first kappa shape index (κ1) is 14.8. The zero-order valence-corrected chi connectivity index (χ0v) is 12.7. The molecule has 1 saturated heterocycles. The second-order valence-electron chi connectivity index (χ2n) is 4.53. The topological polar surface area (TPSA) is 74.7 Å². The molecule has 1 atom stereocenters. The molecule has 1 aliphatic rings. The fourth-order valence-electron chi connectivity index (χ4n) is 2.21. The molecule has 0 radical (unpaired) electrons. The van der Waals surface area contributed by atoms with Gasteiger partial charge in [0, 0.05) is 12.6 Å². The van der Waals surface area contributed by atoms with Gasteiger partial charge in [0.05, 0.1) is 10.8 Å². The van der Waals surface area contributed by atoms with Crippen LogP contribution in [0.3, 0.4) is 0 Å². The van der Waals surface area contributed by atoms with Crippen LogP contribution in [0.15, 0.2) is 10.3 Å². The molecule has 1 aromatic heterocycles. The predicted molar refractivity (Wildman–Crippen MR) is 73.2 cm³/mol. The number of rotatable bonds is 4. The SMILES string of the molecule is Cc1cc(S(=O)(=O)N2CCCC2CC(=O)O)sc1Cl. The molecule has 5 nitrogen and oxygen atoms in total. The van der Waals surface area contributed by atoms with Gasteiger partial charge in [0.2, 0.25) is 0 Å². The first-order chi connectivity index (χ1) is 8.82. The summed E-state index contributed by atoms with van der Waals surface area (Å²) < 4.78 is 26.9. The Kier molecular flexibility index (Phi) is 4.20. The highest BCUT2D eigenvalue weighted by Crippen LogP contribution is 2.35. The number of aryl methyl sites for hydroxylation is 1. The number of carboxylic acid groups (broad SMARTS) is 1. The smallest absolute Gasteiger partial charge is 0.304 e. The summed E-state index contributed by atoms with van der Waals surface area (Å²) in [5, 5.41) is 8.84. The number of carboxylic acids is 1. The second kappa shape index (κ2) is 5.40. The van der Waals surface area contributed by atoms with Crippen molar-refractivity contribution in [1.82, 2.24) is 4.31 Å². The molecule has 1 aromatic rings. The first-order valence-electron chi connectivity index (χ1n) is 5.82. The molecule has 0 aromatic carbocycles. The molecule has 0 spiro atoms. The molecular formula is C11H14ClNO4S2. The van der Waals surface area contributed by atoms with E-state index >= 15 is 0 Å². The van der Waals surface area contributed by atoms with Crippen LogP contribution >= 0.6 is 22.9 Å². The van der Waals surface area contributed by atoms with Gasteiger partial charge in [0.1, 0.15) is 4.21 Å². The van der Waals surface area contributed by atoms with E-state index in [9.17, 15) is 13.2 Å². The molecule has 8 heteroatoms. The van der Waals surface area contributed by atoms with Crippen molar-refractivity contribution < 1.29 is 18.3 Å². The normalized spacial score (nSPS) is 20.8. The van der Waals surface area contributed by atoms with Gasteiger partial charge in [-0.2, -0.15) is 4.31 Å². The maximum atomic E-state index is 12.5. The average molecular weight is 324 g/mol. The average Bonchev–Trinajstić information content (AvgIpc) is 2.87. The Morgan fingerprint density at radius 2 is 2.32 bits per heavy atom. The van der Waals surface area contributed by atoms with Crippen LogP contribution in [0.1, 0.15) is 24.8 Å². The summed E-state index contributed by atoms with van der Waals surface area (Å²) in [5.41, 5.74) is 0.722. The Bertz CT molecular complexity index is 576. The van der Waals surface area contributed by atoms with Gasteiger partial charge in [-0.15, -0.1) is 11.3 Å². The van der Waals surface area contributed by atoms with Gasteiger partial charge >= 0.3 is 5.97 Å². The predicted octanol–water partition coefficient (Wildman–Crippen LogP) is 2.34. The molecule has 0 aliphatic carbocycles. The van der Waals surface area contributed by atoms with Gasteiger partial charge < -0.3 is 5.11 Å². The third kappa shape index (κ3) is 2.94. The highest BCUT2D eigenvalue weighted by molar-refractivity contribution is 7.91. The monoisotopic (exact) mass is 323 g/mol. The molecule has 19 heavy (non-hydrogen) atoms. The minimum Gasteiger partial charge on any atom is -0.481 e. The van der Waals surface area contributed by atoms with E-state index < -0.39 is 22.0 Å². The molecule has 0 bridgehead atoms. The van der Waals surface area contributed by atoms with Crippen molar-refractivity contribution in [2.45, 2.75) is 36.4 Å². The van der Waals surface area contributed by atoms with Crippen LogP contribution in [0, 0.1) is 6.92 Å². The van der Waals surface area contributed by atoms with E-state index in [1.54, 1.807) is 13.0 Å². The molecule has 1 N–H and O–H groups in total. The molecule has 2 rings (SSSR count). The van der Waals surface area contributed by atoms with Crippen LogP contribution in [0.2, 0.25) is 4.34 Å². The lowest BCUT2D eigenvalue weighted by atomic mass is 10.2. The van der Waals surface area contributed by atoms with Crippen LogP contribution in [0.4, 0.5) is 0 Å². The molecule has 1 unspecified atom stereocenters. The van der Waals surface area contributed by atoms with E-state index in [0.717, 1.165) is 16.9 Å². The maximum absolute atomic E-state index is 12.5. The van der Waals surface area contributed by atoms with Gasteiger partial charge in [0.15, 0.2) is 0 Å². The Balaban J connectivity index is 2.30. The highest BCUT2D eigenvalue weighted by Gasteiger charge is 2.37. The van der Waals surface area contributed by atoms with Gasteiger partial charge in [-0.05, 0) is 31.4 Å². The number of nitrogens with zero attached hydrogens (tertiary/aromatic N) is 1. The van der Waals surface area contributed by atoms with Crippen molar-refractivity contribution in [3.8, 4) is 0 Å². The quantitative estimate of drug-likeness (QED) is 0.922. The second-order valence-corrected chi connectivity index (χ2v) is 8.30. The third-order valence-electron chi connectivity index (χ3n) is 3.13. The number of thiophene rings is 1. The minimum atomic E-state index is -3.63. The van der Waals surface area contributed by atoms with Crippen molar-refractivity contribution in [1.29, 1.82) is 0 Å². The lowest BCUT2D eigenvalue weighted by molar-refractivity contribution is -0.137. The number of carbonyl (C=O) groups is 1. The van der Waals surface area contributed by atoms with Gasteiger partial charge in [-0.3, -0.25) is 4.79 Å². The molecule has 0 amide bonds. The number of halogens is 1. The van der Waals surface area contributed by atoms with E-state index in [1.807, 2.05) is 0 Å². The largest absolute Gasteiger partial charge is 0.481 e. The van der Waals surface area contributed by atoms with Crippen LogP contribution in [0.5, 0.6) is 0 Å². The van der Waals surface area contributed by atoms with Crippen molar-refractivity contribution in [2.75, 3.05) is 6.54 Å². The molecule has 0 saturated carbocycles. The molecule has 2 heterocycles. The number of hydrogen-bond donors (Lipinski definition) is 1. The van der Waals surface area contributed by atoms with Crippen LogP contribution in [-0.4, -0.2) is 36.4 Å². The lowest BCUT2D eigenvalue weighted by Gasteiger charge is -2.21. The lowest BCUT2D eigenvalue weighted by Crippen LogP contribution is -2.36. The van der Waals surface area contributed by atoms with Gasteiger partial charge in [-0.25, -0.2) is 8.42 Å². The zero-order chi connectivity index (χ0) is 14.2. The van der Waals surface area contributed by atoms with Crippen LogP contribution < -0.4 is 0 Å². The van der Waals surface area contributed by atoms with Crippen molar-refractivity contribution in [3.63, 3.8) is 0 Å². The van der Waals surface area contributed by atoms with E-state index in [-0.39, 0.29) is 10.6 Å².